The molecule has 0 spiro atoms. The number of carbonyl (C=O) groups excluding carboxylic acids is 1. The molecule has 30 heavy (non-hydrogen) atoms. The Hall–Kier alpha value is -3.06. The van der Waals surface area contributed by atoms with Crippen molar-refractivity contribution < 1.29 is 9.90 Å². The van der Waals surface area contributed by atoms with Crippen molar-refractivity contribution in [2.24, 2.45) is 0 Å². The third-order valence-electron chi connectivity index (χ3n) is 5.95. The molecule has 7 heteroatoms. The molecule has 0 aromatic carbocycles. The average Bonchev–Trinajstić information content (AvgIpc) is 3.29. The molecular formula is C23H27N5O2. The monoisotopic (exact) mass is 405 g/mol. The Bertz CT molecular complexity index is 997. The minimum absolute atomic E-state index is 0.0912. The number of amides is 1. The molecule has 1 unspecified atom stereocenters. The van der Waals surface area contributed by atoms with E-state index < -0.39 is 0 Å². The summed E-state index contributed by atoms with van der Waals surface area (Å²) in [5.41, 5.74) is 4.68. The normalized spacial score (nSPS) is 19.3. The van der Waals surface area contributed by atoms with Crippen LogP contribution in [0.15, 0.2) is 36.7 Å². The van der Waals surface area contributed by atoms with Crippen molar-refractivity contribution in [1.82, 2.24) is 25.2 Å². The van der Waals surface area contributed by atoms with Crippen molar-refractivity contribution in [2.45, 2.75) is 38.6 Å². The molecule has 0 radical (unpaired) electrons. The fourth-order valence-corrected chi connectivity index (χ4v) is 4.09. The lowest BCUT2D eigenvalue weighted by molar-refractivity contribution is 0.0958. The molecule has 0 fully saturated rings. The van der Waals surface area contributed by atoms with E-state index in [1.165, 1.54) is 5.57 Å². The fraction of sp³-hybridized carbons (Fsp3) is 0.391. The molecule has 0 saturated carbocycles. The third-order valence-corrected chi connectivity index (χ3v) is 5.95. The maximum Gasteiger partial charge on any atom is 0.269 e. The Balaban J connectivity index is 1.37. The van der Waals surface area contributed by atoms with Gasteiger partial charge in [0, 0.05) is 44.1 Å². The zero-order chi connectivity index (χ0) is 21.1. The van der Waals surface area contributed by atoms with Crippen molar-refractivity contribution >= 4 is 17.1 Å². The Labute approximate surface area is 176 Å². The summed E-state index contributed by atoms with van der Waals surface area (Å²) in [7, 11) is 1.61. The van der Waals surface area contributed by atoms with E-state index in [0.29, 0.717) is 17.6 Å². The van der Waals surface area contributed by atoms with E-state index in [9.17, 15) is 9.90 Å². The zero-order valence-corrected chi connectivity index (χ0v) is 17.4. The van der Waals surface area contributed by atoms with Gasteiger partial charge in [0.2, 0.25) is 5.88 Å². The minimum Gasteiger partial charge on any atom is -0.493 e. The largest absolute Gasteiger partial charge is 0.493 e. The number of nitrogens with one attached hydrogen (secondary N) is 1. The first-order valence-electron chi connectivity index (χ1n) is 10.4. The quantitative estimate of drug-likeness (QED) is 0.795. The van der Waals surface area contributed by atoms with Gasteiger partial charge in [-0.1, -0.05) is 25.1 Å². The zero-order valence-electron chi connectivity index (χ0n) is 17.4. The van der Waals surface area contributed by atoms with Crippen molar-refractivity contribution in [2.75, 3.05) is 20.1 Å². The van der Waals surface area contributed by atoms with Crippen LogP contribution in [0.4, 0.5) is 0 Å². The van der Waals surface area contributed by atoms with E-state index in [0.717, 1.165) is 55.5 Å². The lowest BCUT2D eigenvalue weighted by Gasteiger charge is -2.32. The third kappa shape index (κ3) is 4.11. The average molecular weight is 406 g/mol. The number of pyridine rings is 1. The maximum absolute atomic E-state index is 11.6. The topological polar surface area (TPSA) is 91.2 Å². The van der Waals surface area contributed by atoms with Crippen LogP contribution in [0.25, 0.3) is 11.1 Å². The second-order valence-electron chi connectivity index (χ2n) is 7.70. The van der Waals surface area contributed by atoms with E-state index in [1.54, 1.807) is 25.5 Å². The number of aromatic hydroxyl groups is 1. The predicted molar refractivity (Wildman–Crippen MR) is 116 cm³/mol. The molecule has 2 aliphatic rings. The summed E-state index contributed by atoms with van der Waals surface area (Å²) in [6.45, 7) is 3.85. The summed E-state index contributed by atoms with van der Waals surface area (Å²) < 4.78 is 0. The molecule has 1 atom stereocenters. The fourth-order valence-electron chi connectivity index (χ4n) is 4.09. The summed E-state index contributed by atoms with van der Waals surface area (Å²) in [5.74, 6) is 0.563. The number of aromatic nitrogens is 3. The van der Waals surface area contributed by atoms with Crippen LogP contribution < -0.4 is 5.32 Å². The minimum atomic E-state index is -0.170. The van der Waals surface area contributed by atoms with Gasteiger partial charge in [0.25, 0.3) is 5.91 Å². The van der Waals surface area contributed by atoms with Gasteiger partial charge in [-0.2, -0.15) is 4.98 Å². The first kappa shape index (κ1) is 20.2. The second-order valence-corrected chi connectivity index (χ2v) is 7.70. The summed E-state index contributed by atoms with van der Waals surface area (Å²) in [6, 6.07) is 4.18. The Kier molecular flexibility index (Phi) is 5.90. The van der Waals surface area contributed by atoms with Crippen molar-refractivity contribution in [3.8, 4) is 5.88 Å². The Morgan fingerprint density at radius 1 is 1.23 bits per heavy atom. The molecule has 1 amide bonds. The SMILES string of the molecule is CCc1cnc(C2=CCC(N3CC=C(c4ccc(C(=O)NC)nc4)CC3)C2)nc1O. The van der Waals surface area contributed by atoms with Crippen LogP contribution in [0.2, 0.25) is 0 Å². The highest BCUT2D eigenvalue weighted by Gasteiger charge is 2.27. The van der Waals surface area contributed by atoms with Crippen LogP contribution >= 0.6 is 0 Å². The van der Waals surface area contributed by atoms with Gasteiger partial charge in [0.15, 0.2) is 5.82 Å². The number of nitrogens with zero attached hydrogens (tertiary/aromatic N) is 4. The van der Waals surface area contributed by atoms with Gasteiger partial charge in [-0.05, 0) is 48.5 Å². The van der Waals surface area contributed by atoms with E-state index in [1.807, 2.05) is 13.0 Å². The van der Waals surface area contributed by atoms with E-state index in [4.69, 9.17) is 0 Å². The maximum atomic E-state index is 11.6. The molecule has 1 aliphatic heterocycles. The van der Waals surface area contributed by atoms with Crippen LogP contribution in [0.1, 0.15) is 53.6 Å². The highest BCUT2D eigenvalue weighted by molar-refractivity contribution is 5.92. The number of rotatable bonds is 5. The lowest BCUT2D eigenvalue weighted by Crippen LogP contribution is -2.37. The molecule has 4 rings (SSSR count). The van der Waals surface area contributed by atoms with E-state index in [2.05, 4.69) is 37.3 Å². The molecule has 7 nitrogen and oxygen atoms in total. The second kappa shape index (κ2) is 8.75. The Morgan fingerprint density at radius 3 is 2.73 bits per heavy atom. The first-order chi connectivity index (χ1) is 14.6. The van der Waals surface area contributed by atoms with Crippen LogP contribution in [0, 0.1) is 0 Å². The van der Waals surface area contributed by atoms with E-state index in [-0.39, 0.29) is 11.8 Å². The summed E-state index contributed by atoms with van der Waals surface area (Å²) in [5, 5.41) is 12.6. The van der Waals surface area contributed by atoms with Crippen molar-refractivity contribution in [3.05, 3.63) is 59.3 Å². The summed E-state index contributed by atoms with van der Waals surface area (Å²) >= 11 is 0. The molecule has 1 aliphatic carbocycles. The number of hydrogen-bond acceptors (Lipinski definition) is 6. The van der Waals surface area contributed by atoms with Crippen molar-refractivity contribution in [3.63, 3.8) is 0 Å². The predicted octanol–water partition coefficient (Wildman–Crippen LogP) is 2.83. The molecule has 0 bridgehead atoms. The van der Waals surface area contributed by atoms with Crippen LogP contribution in [0.3, 0.4) is 0 Å². The molecule has 2 aromatic rings. The van der Waals surface area contributed by atoms with Gasteiger partial charge in [-0.3, -0.25) is 14.7 Å². The van der Waals surface area contributed by atoms with Crippen LogP contribution in [-0.2, 0) is 6.42 Å². The van der Waals surface area contributed by atoms with Gasteiger partial charge >= 0.3 is 0 Å². The summed E-state index contributed by atoms with van der Waals surface area (Å²) in [4.78, 5) is 27.1. The highest BCUT2D eigenvalue weighted by Crippen LogP contribution is 2.32. The number of aryl methyl sites for hydroxylation is 1. The molecule has 3 heterocycles. The van der Waals surface area contributed by atoms with Gasteiger partial charge in [0.05, 0.1) is 0 Å². The standard InChI is InChI=1S/C23H27N5O2/c1-3-15-13-26-21(27-22(15)29)17-4-6-19(12-17)28-10-8-16(9-11-28)18-5-7-20(25-14-18)23(30)24-2/h4-5,7-8,13-14,19H,3,6,9-12H2,1-2H3,(H,24,30)(H,26,27,29). The highest BCUT2D eigenvalue weighted by atomic mass is 16.3. The van der Waals surface area contributed by atoms with Gasteiger partial charge in [0.1, 0.15) is 5.69 Å². The van der Waals surface area contributed by atoms with Gasteiger partial charge in [-0.15, -0.1) is 0 Å². The van der Waals surface area contributed by atoms with Crippen molar-refractivity contribution in [1.29, 1.82) is 0 Å². The lowest BCUT2D eigenvalue weighted by atomic mass is 9.99. The summed E-state index contributed by atoms with van der Waals surface area (Å²) in [6.07, 6.45) is 11.5. The Morgan fingerprint density at radius 2 is 2.10 bits per heavy atom. The molecule has 0 saturated heterocycles. The smallest absolute Gasteiger partial charge is 0.269 e. The van der Waals surface area contributed by atoms with Crippen LogP contribution in [0.5, 0.6) is 5.88 Å². The number of hydrogen-bond donors (Lipinski definition) is 2. The number of carbonyl (C=O) groups is 1. The molecule has 156 valence electrons. The van der Waals surface area contributed by atoms with Crippen LogP contribution in [-0.4, -0.2) is 57.0 Å². The molecule has 2 N–H and O–H groups in total. The van der Waals surface area contributed by atoms with E-state index >= 15 is 0 Å². The first-order valence-corrected chi connectivity index (χ1v) is 10.4. The van der Waals surface area contributed by atoms with Gasteiger partial charge < -0.3 is 10.4 Å². The van der Waals surface area contributed by atoms with Gasteiger partial charge in [-0.25, -0.2) is 4.98 Å². The molecule has 2 aromatic heterocycles. The molecular weight excluding hydrogens is 378 g/mol.